The van der Waals surface area contributed by atoms with Gasteiger partial charge in [-0.3, -0.25) is 19.8 Å². The molecular formula is C53H48N8O7S4. The third-order valence-electron chi connectivity index (χ3n) is 11.3. The summed E-state index contributed by atoms with van der Waals surface area (Å²) in [5.41, 5.74) is 1.37. The van der Waals surface area contributed by atoms with Gasteiger partial charge in [0, 0.05) is 39.8 Å². The fourth-order valence-electron chi connectivity index (χ4n) is 8.03. The normalized spacial score (nSPS) is 15.9. The van der Waals surface area contributed by atoms with Crippen LogP contribution >= 0.6 is 46.6 Å². The van der Waals surface area contributed by atoms with Crippen LogP contribution in [0.2, 0.25) is 0 Å². The predicted molar refractivity (Wildman–Crippen MR) is 281 cm³/mol. The molecule has 1 saturated heterocycles. The molecule has 0 saturated carbocycles. The molecule has 19 heteroatoms. The quantitative estimate of drug-likeness (QED) is 0.0168. The highest BCUT2D eigenvalue weighted by molar-refractivity contribution is 8.18. The van der Waals surface area contributed by atoms with E-state index in [1.807, 2.05) is 159 Å². The van der Waals surface area contributed by atoms with Gasteiger partial charge < -0.3 is 24.2 Å². The Labute approximate surface area is 432 Å². The van der Waals surface area contributed by atoms with Crippen molar-refractivity contribution in [3.05, 3.63) is 207 Å². The largest absolute Gasteiger partial charge is 0.448 e. The van der Waals surface area contributed by atoms with Gasteiger partial charge in [-0.1, -0.05) is 169 Å². The van der Waals surface area contributed by atoms with E-state index in [1.165, 1.54) is 40.2 Å². The van der Waals surface area contributed by atoms with Gasteiger partial charge >= 0.3 is 12.1 Å². The lowest BCUT2D eigenvalue weighted by Gasteiger charge is -2.49. The van der Waals surface area contributed by atoms with Gasteiger partial charge in [0.05, 0.1) is 5.08 Å². The summed E-state index contributed by atoms with van der Waals surface area (Å²) >= 11 is 5.31. The number of carbonyl (C=O) groups excluding carboxylic acids is 4. The molecule has 2 N–H and O–H groups in total. The summed E-state index contributed by atoms with van der Waals surface area (Å²) in [4.78, 5) is 70.7. The van der Waals surface area contributed by atoms with Crippen LogP contribution in [0.25, 0.3) is 0 Å². The van der Waals surface area contributed by atoms with Crippen LogP contribution in [0.4, 0.5) is 9.93 Å². The summed E-state index contributed by atoms with van der Waals surface area (Å²) in [6, 6.07) is 46.3. The number of aryl methyl sites for hydroxylation is 1. The second kappa shape index (κ2) is 22.1. The predicted octanol–water partition coefficient (Wildman–Crippen LogP) is 9.76. The Morgan fingerprint density at radius 2 is 1.36 bits per heavy atom. The SMILES string of the molecule is Cn1cnnc1SCSC1=C(C(=O)OC(c2ccccc2)c2ccccc2)N2C(=O)[C@@H](NC(=O)/C(=N\OC(c3ccccc3)(c3ccccc3)c3ccccc3)c3csc(NC(=O)OC(C)(C)C)n3)[C@@H]2SC1. The lowest BCUT2D eigenvalue weighted by molar-refractivity contribution is -0.154. The van der Waals surface area contributed by atoms with E-state index in [0.29, 0.717) is 20.9 Å². The summed E-state index contributed by atoms with van der Waals surface area (Å²) in [7, 11) is 1.85. The summed E-state index contributed by atoms with van der Waals surface area (Å²) < 4.78 is 13.7. The van der Waals surface area contributed by atoms with Crippen LogP contribution in [-0.2, 0) is 41.3 Å². The molecule has 3 amide bonds. The van der Waals surface area contributed by atoms with Crippen LogP contribution in [0.5, 0.6) is 0 Å². The third-order valence-corrected chi connectivity index (χ3v) is 15.8. The number of amides is 3. The standard InChI is InChI=1S/C53H48N8O7S4/c1-52(2,3)67-51(65)57-49-55-39(30-70-49)41(59-68-53(36-24-14-7-15-25-36,37-26-16-8-17-27-37)38-28-18-9-19-29-38)45(62)56-42-46(63)61-43(40(31-69-47(42)61)71-33-72-50-58-54-32-60(50)4)48(64)66-44(34-20-10-5-11-21-34)35-22-12-6-13-23-35/h5-30,32,42,44,47H,31,33H2,1-4H3,(H,56,62)(H,55,57,65)/b59-41-/t42-,47+/m1/s1. The average Bonchev–Trinajstić information content (AvgIpc) is 4.04. The van der Waals surface area contributed by atoms with Crippen LogP contribution < -0.4 is 10.6 Å². The number of rotatable bonds is 17. The van der Waals surface area contributed by atoms with Gasteiger partial charge in [0.2, 0.25) is 5.60 Å². The molecule has 0 spiro atoms. The van der Waals surface area contributed by atoms with Crippen molar-refractivity contribution in [2.75, 3.05) is 16.2 Å². The van der Waals surface area contributed by atoms with Gasteiger partial charge in [0.1, 0.15) is 34.7 Å². The van der Waals surface area contributed by atoms with E-state index in [1.54, 1.807) is 37.0 Å². The lowest BCUT2D eigenvalue weighted by atomic mass is 9.80. The first-order chi connectivity index (χ1) is 34.9. The first kappa shape index (κ1) is 49.8. The maximum Gasteiger partial charge on any atom is 0.413 e. The minimum Gasteiger partial charge on any atom is -0.448 e. The first-order valence-corrected chi connectivity index (χ1v) is 26.6. The van der Waals surface area contributed by atoms with Crippen LogP contribution in [0, 0.1) is 0 Å². The van der Waals surface area contributed by atoms with Crippen LogP contribution in [0.3, 0.4) is 0 Å². The molecule has 5 aromatic carbocycles. The molecule has 9 rings (SSSR count). The maximum absolute atomic E-state index is 15.0. The van der Waals surface area contributed by atoms with Crippen molar-refractivity contribution in [3.63, 3.8) is 0 Å². The van der Waals surface area contributed by atoms with Gasteiger partial charge in [0.15, 0.2) is 22.1 Å². The third kappa shape index (κ3) is 11.0. The van der Waals surface area contributed by atoms with Gasteiger partial charge in [-0.15, -0.1) is 45.1 Å². The molecule has 0 radical (unpaired) electrons. The zero-order chi connectivity index (χ0) is 50.2. The van der Waals surface area contributed by atoms with E-state index < -0.39 is 52.6 Å². The van der Waals surface area contributed by atoms with Gasteiger partial charge in [-0.25, -0.2) is 14.6 Å². The van der Waals surface area contributed by atoms with Crippen molar-refractivity contribution in [1.29, 1.82) is 0 Å². The second-order valence-electron chi connectivity index (χ2n) is 17.3. The molecule has 2 aromatic heterocycles. The highest BCUT2D eigenvalue weighted by Gasteiger charge is 2.55. The number of β-lactam (4-membered cyclic amide) rings is 1. The molecule has 72 heavy (non-hydrogen) atoms. The van der Waals surface area contributed by atoms with Crippen molar-refractivity contribution in [2.24, 2.45) is 12.2 Å². The molecule has 2 aliphatic rings. The monoisotopic (exact) mass is 1040 g/mol. The van der Waals surface area contributed by atoms with Gasteiger partial charge in [-0.05, 0) is 31.9 Å². The van der Waals surface area contributed by atoms with E-state index in [4.69, 9.17) is 14.3 Å². The number of thiazole rings is 1. The summed E-state index contributed by atoms with van der Waals surface area (Å²) in [6.07, 6.45) is 0.0894. The smallest absolute Gasteiger partial charge is 0.413 e. The molecule has 1 fully saturated rings. The highest BCUT2D eigenvalue weighted by Crippen LogP contribution is 2.46. The van der Waals surface area contributed by atoms with Gasteiger partial charge in [0.25, 0.3) is 11.8 Å². The Morgan fingerprint density at radius 1 is 0.806 bits per heavy atom. The minimum absolute atomic E-state index is 0.0581. The number of aromatic nitrogens is 4. The molecule has 2 aliphatic heterocycles. The number of thioether (sulfide) groups is 3. The maximum atomic E-state index is 15.0. The highest BCUT2D eigenvalue weighted by atomic mass is 32.2. The van der Waals surface area contributed by atoms with Gasteiger partial charge in [-0.2, -0.15) is 0 Å². The molecule has 0 bridgehead atoms. The number of hydrogen-bond donors (Lipinski definition) is 2. The van der Waals surface area contributed by atoms with E-state index in [0.717, 1.165) is 39.2 Å². The Morgan fingerprint density at radius 3 is 1.89 bits per heavy atom. The summed E-state index contributed by atoms with van der Waals surface area (Å²) in [5.74, 6) is -1.67. The summed E-state index contributed by atoms with van der Waals surface area (Å²) in [6.45, 7) is 5.23. The average molecular weight is 1040 g/mol. The zero-order valence-electron chi connectivity index (χ0n) is 39.4. The number of esters is 1. The van der Waals surface area contributed by atoms with E-state index in [2.05, 4.69) is 31.0 Å². The molecule has 0 unspecified atom stereocenters. The minimum atomic E-state index is -1.39. The molecule has 4 heterocycles. The zero-order valence-corrected chi connectivity index (χ0v) is 42.7. The second-order valence-corrected chi connectivity index (χ2v) is 21.7. The molecular weight excluding hydrogens is 989 g/mol. The number of carbonyl (C=O) groups is 4. The van der Waals surface area contributed by atoms with Crippen molar-refractivity contribution in [2.45, 2.75) is 54.6 Å². The number of fused-ring (bicyclic) bond motifs is 1. The van der Waals surface area contributed by atoms with E-state index in [9.17, 15) is 19.2 Å². The van der Waals surface area contributed by atoms with Crippen LogP contribution in [0.15, 0.2) is 184 Å². The Balaban J connectivity index is 1.06. The number of ether oxygens (including phenoxy) is 2. The molecule has 366 valence electrons. The number of nitrogens with zero attached hydrogens (tertiary/aromatic N) is 6. The number of anilines is 1. The van der Waals surface area contributed by atoms with E-state index >= 15 is 0 Å². The van der Waals surface area contributed by atoms with E-state index in [-0.39, 0.29) is 22.2 Å². The first-order valence-electron chi connectivity index (χ1n) is 22.7. The number of hydrogen-bond acceptors (Lipinski definition) is 15. The molecule has 2 atom stereocenters. The molecule has 15 nitrogen and oxygen atoms in total. The van der Waals surface area contributed by atoms with Crippen LogP contribution in [-0.4, -0.2) is 82.1 Å². The van der Waals surface area contributed by atoms with Crippen molar-refractivity contribution in [1.82, 2.24) is 30.0 Å². The lowest BCUT2D eigenvalue weighted by Crippen LogP contribution is -2.71. The van der Waals surface area contributed by atoms with Crippen molar-refractivity contribution < 1.29 is 33.5 Å². The number of oxime groups is 1. The molecule has 7 aromatic rings. The number of nitrogens with one attached hydrogen (secondary N) is 2. The fourth-order valence-corrected chi connectivity index (χ4v) is 12.3. The summed E-state index contributed by atoms with van der Waals surface area (Å²) in [5, 5.41) is 20.5. The molecule has 0 aliphatic carbocycles. The topological polar surface area (TPSA) is 179 Å². The Bertz CT molecular complexity index is 2960. The number of benzene rings is 5. The van der Waals surface area contributed by atoms with Crippen molar-refractivity contribution >= 4 is 81.3 Å². The van der Waals surface area contributed by atoms with Crippen LogP contribution in [0.1, 0.15) is 60.4 Å². The Kier molecular flexibility index (Phi) is 15.3. The Hall–Kier alpha value is -7.19. The fraction of sp³-hybridized carbons (Fsp3) is 0.208. The van der Waals surface area contributed by atoms with Crippen molar-refractivity contribution in [3.8, 4) is 0 Å².